The van der Waals surface area contributed by atoms with Crippen molar-refractivity contribution in [3.8, 4) is 10.6 Å². The van der Waals surface area contributed by atoms with E-state index in [0.29, 0.717) is 18.1 Å². The number of carbonyl (C=O) groups is 1. The molecule has 0 spiro atoms. The van der Waals surface area contributed by atoms with Gasteiger partial charge in [-0.1, -0.05) is 35.9 Å². The molecule has 3 aromatic rings. The Balaban J connectivity index is 1.58. The van der Waals surface area contributed by atoms with Gasteiger partial charge in [0.05, 0.1) is 17.8 Å². The van der Waals surface area contributed by atoms with Gasteiger partial charge in [-0.15, -0.1) is 11.3 Å². The molecule has 128 valence electrons. The first kappa shape index (κ1) is 17.4. The lowest BCUT2D eigenvalue weighted by Crippen LogP contribution is -2.32. The van der Waals surface area contributed by atoms with Crippen molar-refractivity contribution in [3.63, 3.8) is 0 Å². The SMILES string of the molecule is O=C(Cc1ccccc1Cl)NCCn1nc(-c2cccs2)ccc1=O. The van der Waals surface area contributed by atoms with Crippen LogP contribution in [-0.4, -0.2) is 22.2 Å². The van der Waals surface area contributed by atoms with Crippen LogP contribution in [0.5, 0.6) is 0 Å². The Morgan fingerprint density at radius 1 is 1.16 bits per heavy atom. The molecule has 1 N–H and O–H groups in total. The van der Waals surface area contributed by atoms with Gasteiger partial charge in [0, 0.05) is 17.6 Å². The first-order valence-corrected chi connectivity index (χ1v) is 9.01. The van der Waals surface area contributed by atoms with Gasteiger partial charge < -0.3 is 5.32 Å². The van der Waals surface area contributed by atoms with Crippen LogP contribution in [-0.2, 0) is 17.8 Å². The van der Waals surface area contributed by atoms with Gasteiger partial charge in [0.1, 0.15) is 5.69 Å². The van der Waals surface area contributed by atoms with Gasteiger partial charge in [-0.3, -0.25) is 9.59 Å². The fourth-order valence-corrected chi connectivity index (χ4v) is 3.24. The number of nitrogens with zero attached hydrogens (tertiary/aromatic N) is 2. The number of benzene rings is 1. The predicted molar refractivity (Wildman–Crippen MR) is 100.0 cm³/mol. The summed E-state index contributed by atoms with van der Waals surface area (Å²) in [7, 11) is 0. The molecule has 2 aromatic heterocycles. The minimum Gasteiger partial charge on any atom is -0.354 e. The summed E-state index contributed by atoms with van der Waals surface area (Å²) < 4.78 is 1.37. The summed E-state index contributed by atoms with van der Waals surface area (Å²) in [6, 6.07) is 14.3. The van der Waals surface area contributed by atoms with Crippen LogP contribution in [0.4, 0.5) is 0 Å². The van der Waals surface area contributed by atoms with Crippen LogP contribution < -0.4 is 10.9 Å². The summed E-state index contributed by atoms with van der Waals surface area (Å²) >= 11 is 7.61. The van der Waals surface area contributed by atoms with E-state index in [4.69, 9.17) is 11.6 Å². The van der Waals surface area contributed by atoms with Crippen molar-refractivity contribution >= 4 is 28.8 Å². The maximum absolute atomic E-state index is 12.0. The molecule has 1 aromatic carbocycles. The molecule has 0 saturated heterocycles. The molecular formula is C18H16ClN3O2S. The van der Waals surface area contributed by atoms with Gasteiger partial charge in [0.25, 0.3) is 5.56 Å². The molecule has 25 heavy (non-hydrogen) atoms. The summed E-state index contributed by atoms with van der Waals surface area (Å²) in [4.78, 5) is 24.9. The fourth-order valence-electron chi connectivity index (χ4n) is 2.34. The number of carbonyl (C=O) groups excluding carboxylic acids is 1. The van der Waals surface area contributed by atoms with Gasteiger partial charge in [-0.2, -0.15) is 5.10 Å². The molecule has 0 bridgehead atoms. The fraction of sp³-hybridized carbons (Fsp3) is 0.167. The van der Waals surface area contributed by atoms with Crippen LogP contribution in [0.25, 0.3) is 10.6 Å². The molecule has 0 saturated carbocycles. The molecule has 5 nitrogen and oxygen atoms in total. The van der Waals surface area contributed by atoms with Crippen molar-refractivity contribution in [3.05, 3.63) is 74.9 Å². The molecule has 0 radical (unpaired) electrons. The Morgan fingerprint density at radius 3 is 2.76 bits per heavy atom. The van der Waals surface area contributed by atoms with Crippen LogP contribution in [0, 0.1) is 0 Å². The van der Waals surface area contributed by atoms with E-state index in [1.807, 2.05) is 35.7 Å². The first-order chi connectivity index (χ1) is 12.1. The van der Waals surface area contributed by atoms with Crippen molar-refractivity contribution in [2.24, 2.45) is 0 Å². The third-order valence-corrected chi connectivity index (χ3v) is 4.86. The number of hydrogen-bond donors (Lipinski definition) is 1. The Morgan fingerprint density at radius 2 is 2.00 bits per heavy atom. The maximum Gasteiger partial charge on any atom is 0.266 e. The normalized spacial score (nSPS) is 10.6. The zero-order valence-electron chi connectivity index (χ0n) is 13.3. The number of amides is 1. The Hall–Kier alpha value is -2.44. The Labute approximate surface area is 153 Å². The number of rotatable bonds is 6. The lowest BCUT2D eigenvalue weighted by Gasteiger charge is -2.08. The standard InChI is InChI=1S/C18H16ClN3O2S/c19-14-5-2-1-4-13(14)12-17(23)20-9-10-22-18(24)8-7-15(21-22)16-6-3-11-25-16/h1-8,11H,9-10,12H2,(H,20,23). The van der Waals surface area contributed by atoms with E-state index in [-0.39, 0.29) is 17.9 Å². The van der Waals surface area contributed by atoms with Crippen molar-refractivity contribution in [2.75, 3.05) is 6.54 Å². The minimum absolute atomic E-state index is 0.143. The molecular weight excluding hydrogens is 358 g/mol. The lowest BCUT2D eigenvalue weighted by molar-refractivity contribution is -0.120. The van der Waals surface area contributed by atoms with E-state index >= 15 is 0 Å². The van der Waals surface area contributed by atoms with Gasteiger partial charge in [0.2, 0.25) is 5.91 Å². The smallest absolute Gasteiger partial charge is 0.266 e. The number of hydrogen-bond acceptors (Lipinski definition) is 4. The zero-order chi connectivity index (χ0) is 17.6. The molecule has 0 atom stereocenters. The van der Waals surface area contributed by atoms with E-state index in [1.165, 1.54) is 10.7 Å². The minimum atomic E-state index is -0.194. The van der Waals surface area contributed by atoms with Crippen molar-refractivity contribution in [1.29, 1.82) is 0 Å². The summed E-state index contributed by atoms with van der Waals surface area (Å²) in [5, 5.41) is 9.67. The number of aromatic nitrogens is 2. The van der Waals surface area contributed by atoms with Crippen LogP contribution in [0.3, 0.4) is 0 Å². The quantitative estimate of drug-likeness (QED) is 0.722. The third-order valence-electron chi connectivity index (χ3n) is 3.59. The number of thiophene rings is 1. The summed E-state index contributed by atoms with van der Waals surface area (Å²) in [6.07, 6.45) is 0.206. The first-order valence-electron chi connectivity index (χ1n) is 7.75. The van der Waals surface area contributed by atoms with Gasteiger partial charge in [-0.05, 0) is 29.1 Å². The second-order valence-electron chi connectivity index (χ2n) is 5.38. The van der Waals surface area contributed by atoms with Gasteiger partial charge in [-0.25, -0.2) is 4.68 Å². The summed E-state index contributed by atoms with van der Waals surface area (Å²) in [5.74, 6) is -0.143. The molecule has 2 heterocycles. The molecule has 0 aliphatic carbocycles. The Kier molecular flexibility index (Phi) is 5.63. The van der Waals surface area contributed by atoms with E-state index < -0.39 is 0 Å². The Bertz CT molecular complexity index is 922. The van der Waals surface area contributed by atoms with Crippen molar-refractivity contribution in [1.82, 2.24) is 15.1 Å². The molecule has 0 fully saturated rings. The molecule has 0 aliphatic heterocycles. The molecule has 3 rings (SSSR count). The highest BCUT2D eigenvalue weighted by atomic mass is 35.5. The highest BCUT2D eigenvalue weighted by Gasteiger charge is 2.07. The maximum atomic E-state index is 12.0. The largest absolute Gasteiger partial charge is 0.354 e. The highest BCUT2D eigenvalue weighted by molar-refractivity contribution is 7.13. The van der Waals surface area contributed by atoms with Crippen molar-refractivity contribution in [2.45, 2.75) is 13.0 Å². The predicted octanol–water partition coefficient (Wildman–Crippen LogP) is 2.98. The van der Waals surface area contributed by atoms with Crippen LogP contribution in [0.15, 0.2) is 58.7 Å². The second kappa shape index (κ2) is 8.09. The molecule has 7 heteroatoms. The van der Waals surface area contributed by atoms with E-state index in [1.54, 1.807) is 23.5 Å². The lowest BCUT2D eigenvalue weighted by atomic mass is 10.1. The highest BCUT2D eigenvalue weighted by Crippen LogP contribution is 2.21. The average Bonchev–Trinajstić information content (AvgIpc) is 3.13. The second-order valence-corrected chi connectivity index (χ2v) is 6.73. The monoisotopic (exact) mass is 373 g/mol. The summed E-state index contributed by atoms with van der Waals surface area (Å²) in [6.45, 7) is 0.635. The van der Waals surface area contributed by atoms with Crippen LogP contribution >= 0.6 is 22.9 Å². The van der Waals surface area contributed by atoms with Crippen LogP contribution in [0.1, 0.15) is 5.56 Å². The van der Waals surface area contributed by atoms with Gasteiger partial charge in [0.15, 0.2) is 0 Å². The molecule has 0 unspecified atom stereocenters. The van der Waals surface area contributed by atoms with E-state index in [2.05, 4.69) is 10.4 Å². The van der Waals surface area contributed by atoms with E-state index in [0.717, 1.165) is 16.1 Å². The summed E-state index contributed by atoms with van der Waals surface area (Å²) in [5.41, 5.74) is 1.33. The molecule has 0 aliphatic rings. The molecule has 1 amide bonds. The van der Waals surface area contributed by atoms with E-state index in [9.17, 15) is 9.59 Å². The third kappa shape index (κ3) is 4.55. The average molecular weight is 374 g/mol. The number of halogens is 1. The van der Waals surface area contributed by atoms with Crippen molar-refractivity contribution < 1.29 is 4.79 Å². The topological polar surface area (TPSA) is 64.0 Å². The number of nitrogens with one attached hydrogen (secondary N) is 1. The zero-order valence-corrected chi connectivity index (χ0v) is 14.9. The van der Waals surface area contributed by atoms with Crippen LogP contribution in [0.2, 0.25) is 5.02 Å². The van der Waals surface area contributed by atoms with Gasteiger partial charge >= 0.3 is 0 Å².